The van der Waals surface area contributed by atoms with Gasteiger partial charge in [0, 0.05) is 11.6 Å². The third-order valence-electron chi connectivity index (χ3n) is 2.18. The summed E-state index contributed by atoms with van der Waals surface area (Å²) in [5.41, 5.74) is 5.48. The van der Waals surface area contributed by atoms with E-state index in [9.17, 15) is 4.79 Å². The first-order chi connectivity index (χ1) is 6.37. The number of hydrogen-bond donors (Lipinski definition) is 2. The van der Waals surface area contributed by atoms with E-state index in [0.717, 1.165) is 19.3 Å². The van der Waals surface area contributed by atoms with Crippen molar-refractivity contribution in [1.29, 1.82) is 0 Å². The number of hydrogen-bond acceptors (Lipinski definition) is 3. The number of carbonyl (C=O) groups excluding carboxylic acids is 1. The minimum Gasteiger partial charge on any atom is -0.446 e. The standard InChI is InChI=1S/C10H20N2O2/c1-10(2,3)12-9(13)14-8-5-4-7(11)6-8/h7-8H,4-6,11H2,1-3H3,(H,12,13). The van der Waals surface area contributed by atoms with E-state index >= 15 is 0 Å². The van der Waals surface area contributed by atoms with Crippen molar-refractivity contribution < 1.29 is 9.53 Å². The second-order valence-corrected chi connectivity index (χ2v) is 4.98. The van der Waals surface area contributed by atoms with Gasteiger partial charge >= 0.3 is 6.09 Å². The number of amides is 1. The molecule has 0 aromatic heterocycles. The molecule has 0 saturated heterocycles. The number of nitrogens with one attached hydrogen (secondary N) is 1. The molecule has 1 aliphatic rings. The molecule has 1 fully saturated rings. The Hall–Kier alpha value is -0.770. The molecule has 0 heterocycles. The van der Waals surface area contributed by atoms with Crippen LogP contribution in [-0.2, 0) is 4.74 Å². The number of rotatable bonds is 1. The Morgan fingerprint density at radius 3 is 2.50 bits per heavy atom. The summed E-state index contributed by atoms with van der Waals surface area (Å²) in [6, 6.07) is 0.197. The number of carbonyl (C=O) groups is 1. The van der Waals surface area contributed by atoms with Crippen molar-refractivity contribution in [2.75, 3.05) is 0 Å². The fraction of sp³-hybridized carbons (Fsp3) is 0.900. The highest BCUT2D eigenvalue weighted by Gasteiger charge is 2.26. The molecule has 0 aromatic carbocycles. The zero-order valence-corrected chi connectivity index (χ0v) is 9.17. The molecule has 82 valence electrons. The summed E-state index contributed by atoms with van der Waals surface area (Å²) < 4.78 is 5.23. The summed E-state index contributed by atoms with van der Waals surface area (Å²) in [7, 11) is 0. The average molecular weight is 200 g/mol. The van der Waals surface area contributed by atoms with Crippen LogP contribution in [0.3, 0.4) is 0 Å². The Morgan fingerprint density at radius 2 is 2.07 bits per heavy atom. The highest BCUT2D eigenvalue weighted by molar-refractivity contribution is 5.68. The van der Waals surface area contributed by atoms with E-state index in [1.807, 2.05) is 20.8 Å². The highest BCUT2D eigenvalue weighted by Crippen LogP contribution is 2.20. The highest BCUT2D eigenvalue weighted by atomic mass is 16.6. The maximum Gasteiger partial charge on any atom is 0.407 e. The molecule has 1 rings (SSSR count). The molecule has 1 saturated carbocycles. The predicted molar refractivity (Wildman–Crippen MR) is 55.0 cm³/mol. The van der Waals surface area contributed by atoms with Crippen LogP contribution in [0.1, 0.15) is 40.0 Å². The molecule has 0 spiro atoms. The Balaban J connectivity index is 2.27. The maximum absolute atomic E-state index is 11.3. The van der Waals surface area contributed by atoms with Crippen molar-refractivity contribution in [1.82, 2.24) is 5.32 Å². The summed E-state index contributed by atoms with van der Waals surface area (Å²) in [4.78, 5) is 11.3. The Kier molecular flexibility index (Phi) is 3.37. The predicted octanol–water partition coefficient (Wildman–Crippen LogP) is 1.39. The molecule has 2 unspecified atom stereocenters. The minimum absolute atomic E-state index is 0.00681. The van der Waals surface area contributed by atoms with Crippen LogP contribution in [0.25, 0.3) is 0 Å². The summed E-state index contributed by atoms with van der Waals surface area (Å²) in [6.45, 7) is 5.78. The molecule has 3 N–H and O–H groups in total. The van der Waals surface area contributed by atoms with Gasteiger partial charge in [-0.2, -0.15) is 0 Å². The first kappa shape index (κ1) is 11.3. The number of ether oxygens (including phenoxy) is 1. The molecule has 2 atom stereocenters. The fourth-order valence-corrected chi connectivity index (χ4v) is 1.57. The van der Waals surface area contributed by atoms with E-state index in [0.29, 0.717) is 0 Å². The van der Waals surface area contributed by atoms with Crippen LogP contribution in [-0.4, -0.2) is 23.8 Å². The molecule has 4 nitrogen and oxygen atoms in total. The van der Waals surface area contributed by atoms with Crippen LogP contribution in [0.15, 0.2) is 0 Å². The van der Waals surface area contributed by atoms with Gasteiger partial charge in [0.15, 0.2) is 0 Å². The van der Waals surface area contributed by atoms with Crippen molar-refractivity contribution in [3.05, 3.63) is 0 Å². The zero-order valence-electron chi connectivity index (χ0n) is 9.17. The van der Waals surface area contributed by atoms with Gasteiger partial charge in [-0.15, -0.1) is 0 Å². The average Bonchev–Trinajstić information content (AvgIpc) is 2.30. The maximum atomic E-state index is 11.3. The van der Waals surface area contributed by atoms with Gasteiger partial charge in [0.05, 0.1) is 0 Å². The summed E-state index contributed by atoms with van der Waals surface area (Å²) in [6.07, 6.45) is 2.30. The van der Waals surface area contributed by atoms with E-state index in [4.69, 9.17) is 10.5 Å². The molecule has 1 aliphatic carbocycles. The summed E-state index contributed by atoms with van der Waals surface area (Å²) >= 11 is 0. The van der Waals surface area contributed by atoms with Crippen LogP contribution in [0.2, 0.25) is 0 Å². The van der Waals surface area contributed by atoms with Gasteiger partial charge in [0.2, 0.25) is 0 Å². The van der Waals surface area contributed by atoms with Gasteiger partial charge in [-0.1, -0.05) is 0 Å². The van der Waals surface area contributed by atoms with Crippen molar-refractivity contribution in [2.24, 2.45) is 5.73 Å². The van der Waals surface area contributed by atoms with Gasteiger partial charge < -0.3 is 15.8 Å². The van der Waals surface area contributed by atoms with Crippen molar-refractivity contribution >= 4 is 6.09 Å². The fourth-order valence-electron chi connectivity index (χ4n) is 1.57. The van der Waals surface area contributed by atoms with Crippen molar-refractivity contribution in [3.63, 3.8) is 0 Å². The number of nitrogens with two attached hydrogens (primary N) is 1. The molecular weight excluding hydrogens is 180 g/mol. The molecule has 0 aliphatic heterocycles. The smallest absolute Gasteiger partial charge is 0.407 e. The Bertz CT molecular complexity index is 211. The Labute approximate surface area is 85.2 Å². The Morgan fingerprint density at radius 1 is 1.43 bits per heavy atom. The zero-order chi connectivity index (χ0) is 10.8. The molecule has 0 aromatic rings. The lowest BCUT2D eigenvalue weighted by Gasteiger charge is -2.21. The third kappa shape index (κ3) is 3.96. The molecule has 14 heavy (non-hydrogen) atoms. The van der Waals surface area contributed by atoms with E-state index < -0.39 is 0 Å². The van der Waals surface area contributed by atoms with Gasteiger partial charge in [-0.05, 0) is 40.0 Å². The summed E-state index contributed by atoms with van der Waals surface area (Å²) in [5, 5.41) is 2.76. The second kappa shape index (κ2) is 4.17. The van der Waals surface area contributed by atoms with Gasteiger partial charge in [0.25, 0.3) is 0 Å². The van der Waals surface area contributed by atoms with Crippen LogP contribution in [0, 0.1) is 0 Å². The monoisotopic (exact) mass is 200 g/mol. The van der Waals surface area contributed by atoms with Crippen molar-refractivity contribution in [2.45, 2.75) is 57.7 Å². The lowest BCUT2D eigenvalue weighted by molar-refractivity contribution is 0.0938. The molecule has 0 radical (unpaired) electrons. The second-order valence-electron chi connectivity index (χ2n) is 4.98. The van der Waals surface area contributed by atoms with Crippen LogP contribution >= 0.6 is 0 Å². The topological polar surface area (TPSA) is 64.3 Å². The SMILES string of the molecule is CC(C)(C)NC(=O)OC1CCC(N)C1. The third-order valence-corrected chi connectivity index (χ3v) is 2.18. The largest absolute Gasteiger partial charge is 0.446 e. The normalized spacial score (nSPS) is 27.4. The minimum atomic E-state index is -0.336. The van der Waals surface area contributed by atoms with E-state index in [1.165, 1.54) is 0 Å². The first-order valence-corrected chi connectivity index (χ1v) is 5.11. The van der Waals surface area contributed by atoms with Gasteiger partial charge in [-0.25, -0.2) is 4.79 Å². The molecule has 4 heteroatoms. The van der Waals surface area contributed by atoms with E-state index in [-0.39, 0.29) is 23.8 Å². The number of alkyl carbamates (subject to hydrolysis) is 1. The quantitative estimate of drug-likeness (QED) is 0.672. The van der Waals surface area contributed by atoms with Crippen LogP contribution in [0.5, 0.6) is 0 Å². The first-order valence-electron chi connectivity index (χ1n) is 5.11. The van der Waals surface area contributed by atoms with E-state index in [1.54, 1.807) is 0 Å². The van der Waals surface area contributed by atoms with Crippen molar-refractivity contribution in [3.8, 4) is 0 Å². The van der Waals surface area contributed by atoms with Crippen LogP contribution in [0.4, 0.5) is 4.79 Å². The van der Waals surface area contributed by atoms with Gasteiger partial charge in [-0.3, -0.25) is 0 Å². The molecule has 1 amide bonds. The van der Waals surface area contributed by atoms with Gasteiger partial charge in [0.1, 0.15) is 6.10 Å². The summed E-state index contributed by atoms with van der Waals surface area (Å²) in [5.74, 6) is 0. The van der Waals surface area contributed by atoms with Crippen LogP contribution < -0.4 is 11.1 Å². The molecular formula is C10H20N2O2. The lowest BCUT2D eigenvalue weighted by atomic mass is 10.1. The van der Waals surface area contributed by atoms with E-state index in [2.05, 4.69) is 5.32 Å². The lowest BCUT2D eigenvalue weighted by Crippen LogP contribution is -2.42. The molecule has 0 bridgehead atoms.